The molecule has 0 saturated carbocycles. The highest BCUT2D eigenvalue weighted by Crippen LogP contribution is 2.11. The van der Waals surface area contributed by atoms with Gasteiger partial charge >= 0.3 is 0 Å². The molecular formula is C13H22N6O. The number of likely N-dealkylation sites (tertiary alicyclic amines) is 1. The first kappa shape index (κ1) is 14.7. The van der Waals surface area contributed by atoms with Crippen molar-refractivity contribution in [1.29, 1.82) is 0 Å². The molecule has 1 aliphatic rings. The number of anilines is 1. The highest BCUT2D eigenvalue weighted by Gasteiger charge is 2.21. The standard InChI is InChI=1S/C13H22N6O/c1-3-19-6-4-5-10(8-19)16-12(20)11-7-9(2)15-13(17-11)18-14/h7,10H,3-6,8,14H2,1-2H3,(H,16,20)(H,15,17,18). The Morgan fingerprint density at radius 1 is 1.55 bits per heavy atom. The van der Waals surface area contributed by atoms with Gasteiger partial charge in [-0.15, -0.1) is 0 Å². The zero-order valence-electron chi connectivity index (χ0n) is 12.0. The average Bonchev–Trinajstić information content (AvgIpc) is 2.46. The number of amides is 1. The minimum absolute atomic E-state index is 0.171. The van der Waals surface area contributed by atoms with E-state index in [0.717, 1.165) is 32.5 Å². The Morgan fingerprint density at radius 3 is 3.05 bits per heavy atom. The van der Waals surface area contributed by atoms with E-state index in [1.165, 1.54) is 0 Å². The highest BCUT2D eigenvalue weighted by molar-refractivity contribution is 5.92. The summed E-state index contributed by atoms with van der Waals surface area (Å²) in [5, 5.41) is 3.04. The van der Waals surface area contributed by atoms with E-state index >= 15 is 0 Å². The third kappa shape index (κ3) is 3.64. The van der Waals surface area contributed by atoms with Gasteiger partial charge in [0.15, 0.2) is 0 Å². The predicted octanol–water partition coefficient (Wildman–Crippen LogP) is 0.285. The van der Waals surface area contributed by atoms with E-state index in [0.29, 0.717) is 11.4 Å². The Balaban J connectivity index is 2.02. The van der Waals surface area contributed by atoms with Gasteiger partial charge in [0.2, 0.25) is 5.95 Å². The summed E-state index contributed by atoms with van der Waals surface area (Å²) in [6, 6.07) is 1.84. The van der Waals surface area contributed by atoms with Crippen LogP contribution in [0.5, 0.6) is 0 Å². The van der Waals surface area contributed by atoms with Crippen molar-refractivity contribution >= 4 is 11.9 Å². The zero-order valence-corrected chi connectivity index (χ0v) is 12.0. The maximum absolute atomic E-state index is 12.2. The molecule has 1 atom stereocenters. The summed E-state index contributed by atoms with van der Waals surface area (Å²) < 4.78 is 0. The number of nitrogen functional groups attached to an aromatic ring is 1. The van der Waals surface area contributed by atoms with E-state index in [1.807, 2.05) is 0 Å². The van der Waals surface area contributed by atoms with Gasteiger partial charge in [-0.2, -0.15) is 0 Å². The second kappa shape index (κ2) is 6.62. The van der Waals surface area contributed by atoms with Gasteiger partial charge in [-0.1, -0.05) is 6.92 Å². The summed E-state index contributed by atoms with van der Waals surface area (Å²) in [5.74, 6) is 5.38. The quantitative estimate of drug-likeness (QED) is 0.541. The van der Waals surface area contributed by atoms with Crippen LogP contribution < -0.4 is 16.6 Å². The lowest BCUT2D eigenvalue weighted by molar-refractivity contribution is 0.0900. The van der Waals surface area contributed by atoms with Crippen LogP contribution in [0.4, 0.5) is 5.95 Å². The fourth-order valence-electron chi connectivity index (χ4n) is 2.47. The number of piperidine rings is 1. The van der Waals surface area contributed by atoms with Gasteiger partial charge in [-0.25, -0.2) is 15.8 Å². The van der Waals surface area contributed by atoms with Gasteiger partial charge in [0, 0.05) is 18.3 Å². The number of aryl methyl sites for hydroxylation is 1. The summed E-state index contributed by atoms with van der Waals surface area (Å²) in [6.07, 6.45) is 2.12. The van der Waals surface area contributed by atoms with Crippen molar-refractivity contribution in [2.24, 2.45) is 5.84 Å². The number of hydrogen-bond acceptors (Lipinski definition) is 6. The number of hydrogen-bond donors (Lipinski definition) is 3. The zero-order chi connectivity index (χ0) is 14.5. The van der Waals surface area contributed by atoms with Crippen molar-refractivity contribution in [3.8, 4) is 0 Å². The van der Waals surface area contributed by atoms with Crippen molar-refractivity contribution in [1.82, 2.24) is 20.2 Å². The molecule has 20 heavy (non-hydrogen) atoms. The highest BCUT2D eigenvalue weighted by atomic mass is 16.2. The third-order valence-corrected chi connectivity index (χ3v) is 3.50. The van der Waals surface area contributed by atoms with Gasteiger partial charge in [-0.3, -0.25) is 10.2 Å². The molecule has 0 aromatic carbocycles. The van der Waals surface area contributed by atoms with Crippen LogP contribution in [0.15, 0.2) is 6.07 Å². The maximum atomic E-state index is 12.2. The number of nitrogens with one attached hydrogen (secondary N) is 2. The molecule has 0 radical (unpaired) electrons. The number of likely N-dealkylation sites (N-methyl/N-ethyl adjacent to an activating group) is 1. The average molecular weight is 278 g/mol. The molecule has 110 valence electrons. The number of carbonyl (C=O) groups excluding carboxylic acids is 1. The van der Waals surface area contributed by atoms with Crippen LogP contribution in [0, 0.1) is 6.92 Å². The Kier molecular flexibility index (Phi) is 4.86. The fraction of sp³-hybridized carbons (Fsp3) is 0.615. The van der Waals surface area contributed by atoms with Gasteiger partial charge in [0.05, 0.1) is 0 Å². The number of nitrogens with two attached hydrogens (primary N) is 1. The van der Waals surface area contributed by atoms with Gasteiger partial charge < -0.3 is 10.2 Å². The molecule has 1 aromatic rings. The summed E-state index contributed by atoms with van der Waals surface area (Å²) in [5.41, 5.74) is 3.42. The van der Waals surface area contributed by atoms with Crippen LogP contribution >= 0.6 is 0 Å². The fourth-order valence-corrected chi connectivity index (χ4v) is 2.47. The van der Waals surface area contributed by atoms with E-state index < -0.39 is 0 Å². The molecule has 1 fully saturated rings. The first-order valence-corrected chi connectivity index (χ1v) is 6.98. The molecule has 7 heteroatoms. The molecule has 1 saturated heterocycles. The van der Waals surface area contributed by atoms with Crippen LogP contribution in [-0.4, -0.2) is 46.5 Å². The van der Waals surface area contributed by atoms with E-state index in [4.69, 9.17) is 5.84 Å². The smallest absolute Gasteiger partial charge is 0.270 e. The summed E-state index contributed by atoms with van der Waals surface area (Å²) in [6.45, 7) is 6.96. The molecule has 7 nitrogen and oxygen atoms in total. The summed E-state index contributed by atoms with van der Waals surface area (Å²) in [7, 11) is 0. The number of aromatic nitrogens is 2. The Labute approximate surface area is 118 Å². The lowest BCUT2D eigenvalue weighted by atomic mass is 10.1. The Hall–Kier alpha value is -1.73. The van der Waals surface area contributed by atoms with Crippen molar-refractivity contribution in [2.75, 3.05) is 25.1 Å². The Bertz CT molecular complexity index is 478. The monoisotopic (exact) mass is 278 g/mol. The van der Waals surface area contributed by atoms with Crippen LogP contribution in [0.3, 0.4) is 0 Å². The molecular weight excluding hydrogens is 256 g/mol. The molecule has 0 spiro atoms. The topological polar surface area (TPSA) is 96.2 Å². The summed E-state index contributed by atoms with van der Waals surface area (Å²) in [4.78, 5) is 22.7. The lowest BCUT2D eigenvalue weighted by Crippen LogP contribution is -2.47. The van der Waals surface area contributed by atoms with E-state index in [2.05, 4.69) is 32.5 Å². The number of rotatable bonds is 4. The number of nitrogens with zero attached hydrogens (tertiary/aromatic N) is 3. The second-order valence-electron chi connectivity index (χ2n) is 5.07. The van der Waals surface area contributed by atoms with Gasteiger partial charge in [0.25, 0.3) is 5.91 Å². The lowest BCUT2D eigenvalue weighted by Gasteiger charge is -2.32. The Morgan fingerprint density at radius 2 is 2.35 bits per heavy atom. The minimum atomic E-state index is -0.171. The number of hydrazine groups is 1. The molecule has 1 aliphatic heterocycles. The van der Waals surface area contributed by atoms with Gasteiger partial charge in [-0.05, 0) is 38.9 Å². The first-order valence-electron chi connectivity index (χ1n) is 6.98. The first-order chi connectivity index (χ1) is 9.62. The molecule has 2 rings (SSSR count). The van der Waals surface area contributed by atoms with Crippen LogP contribution in [0.1, 0.15) is 35.9 Å². The maximum Gasteiger partial charge on any atom is 0.270 e. The van der Waals surface area contributed by atoms with E-state index in [-0.39, 0.29) is 17.9 Å². The number of carbonyl (C=O) groups is 1. The van der Waals surface area contributed by atoms with E-state index in [9.17, 15) is 4.79 Å². The van der Waals surface area contributed by atoms with Crippen molar-refractivity contribution < 1.29 is 4.79 Å². The largest absolute Gasteiger partial charge is 0.347 e. The normalized spacial score (nSPS) is 19.6. The molecule has 4 N–H and O–H groups in total. The molecule has 1 aromatic heterocycles. The summed E-state index contributed by atoms with van der Waals surface area (Å²) >= 11 is 0. The van der Waals surface area contributed by atoms with Crippen molar-refractivity contribution in [3.05, 3.63) is 17.5 Å². The van der Waals surface area contributed by atoms with Crippen molar-refractivity contribution in [2.45, 2.75) is 32.7 Å². The third-order valence-electron chi connectivity index (χ3n) is 3.50. The van der Waals surface area contributed by atoms with Gasteiger partial charge in [0.1, 0.15) is 5.69 Å². The molecule has 1 amide bonds. The van der Waals surface area contributed by atoms with E-state index in [1.54, 1.807) is 13.0 Å². The van der Waals surface area contributed by atoms with Crippen LogP contribution in [0.25, 0.3) is 0 Å². The SMILES string of the molecule is CCN1CCCC(NC(=O)c2cc(C)nc(NN)n2)C1. The van der Waals surface area contributed by atoms with Crippen LogP contribution in [0.2, 0.25) is 0 Å². The second-order valence-corrected chi connectivity index (χ2v) is 5.07. The molecule has 1 unspecified atom stereocenters. The molecule has 2 heterocycles. The molecule has 0 bridgehead atoms. The predicted molar refractivity (Wildman–Crippen MR) is 77.2 cm³/mol. The molecule has 0 aliphatic carbocycles. The van der Waals surface area contributed by atoms with Crippen molar-refractivity contribution in [3.63, 3.8) is 0 Å². The minimum Gasteiger partial charge on any atom is -0.347 e. The van der Waals surface area contributed by atoms with Crippen LogP contribution in [-0.2, 0) is 0 Å².